The Morgan fingerprint density at radius 3 is 1.32 bits per heavy atom. The van der Waals surface area contributed by atoms with Crippen molar-refractivity contribution in [2.45, 2.75) is 6.92 Å². The van der Waals surface area contributed by atoms with Gasteiger partial charge in [-0.2, -0.15) is 0 Å². The van der Waals surface area contributed by atoms with Crippen LogP contribution in [0.5, 0.6) is 0 Å². The number of pyridine rings is 2. The number of aryl methyl sites for hydroxylation is 1. The number of hydrogen-bond acceptors (Lipinski definition) is 4. The molecule has 0 fully saturated rings. The molecule has 10 rings (SSSR count). The summed E-state index contributed by atoms with van der Waals surface area (Å²) in [4.78, 5) is 20.3. The quantitative estimate of drug-likeness (QED) is 0.153. The van der Waals surface area contributed by atoms with Crippen molar-refractivity contribution < 1.29 is 0 Å². The Hall–Kier alpha value is -7.56. The molecule has 0 amide bonds. The highest BCUT2D eigenvalue weighted by atomic mass is 14.9. The van der Waals surface area contributed by atoms with Gasteiger partial charge in [0.25, 0.3) is 0 Å². The van der Waals surface area contributed by atoms with Crippen LogP contribution in [0.25, 0.3) is 100 Å². The lowest BCUT2D eigenvalue weighted by molar-refractivity contribution is 1.18. The average Bonchev–Trinajstić information content (AvgIpc) is 3.29. The molecule has 0 atom stereocenters. The predicted octanol–water partition coefficient (Wildman–Crippen LogP) is 13.6. The van der Waals surface area contributed by atoms with Crippen LogP contribution in [0.4, 0.5) is 0 Å². The molecule has 0 aliphatic carbocycles. The summed E-state index contributed by atoms with van der Waals surface area (Å²) in [5, 5.41) is 2.18. The highest BCUT2D eigenvalue weighted by molar-refractivity contribution is 6.08. The van der Waals surface area contributed by atoms with Gasteiger partial charge in [-0.3, -0.25) is 4.98 Å². The van der Waals surface area contributed by atoms with E-state index in [1.807, 2.05) is 30.3 Å². The number of benzene rings is 7. The first-order valence-electron chi connectivity index (χ1n) is 19.2. The lowest BCUT2D eigenvalue weighted by Gasteiger charge is -2.12. The van der Waals surface area contributed by atoms with Gasteiger partial charge in [-0.1, -0.05) is 182 Å². The molecule has 4 heteroatoms. The second kappa shape index (κ2) is 14.6. The zero-order chi connectivity index (χ0) is 38.1. The molecule has 4 nitrogen and oxygen atoms in total. The predicted molar refractivity (Wildman–Crippen MR) is 235 cm³/mol. The molecular formula is C53H36N4. The summed E-state index contributed by atoms with van der Waals surface area (Å²) in [7, 11) is 0. The van der Waals surface area contributed by atoms with Gasteiger partial charge in [-0.25, -0.2) is 15.0 Å². The monoisotopic (exact) mass is 728 g/mol. The van der Waals surface area contributed by atoms with Gasteiger partial charge in [-0.15, -0.1) is 0 Å². The first kappa shape index (κ1) is 34.0. The van der Waals surface area contributed by atoms with Crippen molar-refractivity contribution in [1.82, 2.24) is 19.9 Å². The van der Waals surface area contributed by atoms with E-state index in [0.29, 0.717) is 5.82 Å². The zero-order valence-corrected chi connectivity index (χ0v) is 31.3. The molecule has 3 heterocycles. The van der Waals surface area contributed by atoms with Crippen molar-refractivity contribution in [2.24, 2.45) is 0 Å². The second-order valence-corrected chi connectivity index (χ2v) is 14.3. The molecule has 0 bridgehead atoms. The molecule has 0 spiro atoms. The molecule has 0 radical (unpaired) electrons. The molecule has 0 saturated carbocycles. The SMILES string of the molecule is Cc1cc(-c2ccccc2)c2ccc3ccc(-c4ccc(-c5ccc(-c6nc(-c7ccccc7)cc(-c7ccc(-c8ccccc8)cc7)n6)cc5)cc4)nc3c2n1. The van der Waals surface area contributed by atoms with E-state index < -0.39 is 0 Å². The Morgan fingerprint density at radius 2 is 0.737 bits per heavy atom. The normalized spacial score (nSPS) is 11.2. The lowest BCUT2D eigenvalue weighted by atomic mass is 9.98. The molecule has 0 N–H and O–H groups in total. The molecule has 3 aromatic heterocycles. The van der Waals surface area contributed by atoms with Crippen LogP contribution in [0.15, 0.2) is 200 Å². The summed E-state index contributed by atoms with van der Waals surface area (Å²) in [6.07, 6.45) is 0. The molecule has 7 aromatic carbocycles. The van der Waals surface area contributed by atoms with Crippen molar-refractivity contribution in [3.8, 4) is 78.5 Å². The van der Waals surface area contributed by atoms with Crippen LogP contribution in [0, 0.1) is 6.92 Å². The van der Waals surface area contributed by atoms with E-state index in [2.05, 4.69) is 177 Å². The molecule has 10 aromatic rings. The van der Waals surface area contributed by atoms with E-state index in [-0.39, 0.29) is 0 Å². The summed E-state index contributed by atoms with van der Waals surface area (Å²) in [6.45, 7) is 2.05. The van der Waals surface area contributed by atoms with Crippen molar-refractivity contribution in [1.29, 1.82) is 0 Å². The van der Waals surface area contributed by atoms with Gasteiger partial charge in [0.2, 0.25) is 0 Å². The van der Waals surface area contributed by atoms with Gasteiger partial charge in [0.05, 0.1) is 28.1 Å². The largest absolute Gasteiger partial charge is 0.251 e. The van der Waals surface area contributed by atoms with E-state index in [1.165, 1.54) is 22.3 Å². The highest BCUT2D eigenvalue weighted by Gasteiger charge is 2.14. The third kappa shape index (κ3) is 6.75. The smallest absolute Gasteiger partial charge is 0.160 e. The van der Waals surface area contributed by atoms with E-state index >= 15 is 0 Å². The average molecular weight is 729 g/mol. The lowest BCUT2D eigenvalue weighted by Crippen LogP contribution is -1.96. The minimum atomic E-state index is 0.691. The summed E-state index contributed by atoms with van der Waals surface area (Å²) in [5.41, 5.74) is 16.6. The van der Waals surface area contributed by atoms with Crippen LogP contribution < -0.4 is 0 Å². The Labute approximate surface area is 331 Å². The molecule has 0 aliphatic rings. The van der Waals surface area contributed by atoms with E-state index in [0.717, 1.165) is 78.0 Å². The van der Waals surface area contributed by atoms with Crippen LogP contribution in [-0.2, 0) is 0 Å². The van der Waals surface area contributed by atoms with Crippen LogP contribution in [0.1, 0.15) is 5.69 Å². The van der Waals surface area contributed by atoms with Crippen LogP contribution in [0.2, 0.25) is 0 Å². The molecule has 0 aliphatic heterocycles. The van der Waals surface area contributed by atoms with Crippen molar-refractivity contribution >= 4 is 21.8 Å². The maximum atomic E-state index is 5.20. The van der Waals surface area contributed by atoms with Gasteiger partial charge < -0.3 is 0 Å². The molecule has 57 heavy (non-hydrogen) atoms. The maximum absolute atomic E-state index is 5.20. The van der Waals surface area contributed by atoms with Gasteiger partial charge >= 0.3 is 0 Å². The molecule has 0 unspecified atom stereocenters. The fourth-order valence-electron chi connectivity index (χ4n) is 7.61. The number of fused-ring (bicyclic) bond motifs is 3. The fraction of sp³-hybridized carbons (Fsp3) is 0.0189. The molecule has 268 valence electrons. The first-order valence-corrected chi connectivity index (χ1v) is 19.2. The van der Waals surface area contributed by atoms with Crippen LogP contribution in [0.3, 0.4) is 0 Å². The van der Waals surface area contributed by atoms with Gasteiger partial charge in [-0.05, 0) is 58.5 Å². The van der Waals surface area contributed by atoms with E-state index in [1.54, 1.807) is 0 Å². The Bertz CT molecular complexity index is 3020. The number of aromatic nitrogens is 4. The van der Waals surface area contributed by atoms with Gasteiger partial charge in [0.15, 0.2) is 5.82 Å². The minimum absolute atomic E-state index is 0.691. The third-order valence-electron chi connectivity index (χ3n) is 10.6. The minimum Gasteiger partial charge on any atom is -0.251 e. The number of rotatable bonds is 7. The Morgan fingerprint density at radius 1 is 0.298 bits per heavy atom. The van der Waals surface area contributed by atoms with Crippen molar-refractivity contribution in [3.05, 3.63) is 206 Å². The summed E-state index contributed by atoms with van der Waals surface area (Å²) < 4.78 is 0. The summed E-state index contributed by atoms with van der Waals surface area (Å²) in [5.74, 6) is 0.691. The Kier molecular flexibility index (Phi) is 8.69. The first-order chi connectivity index (χ1) is 28.1. The maximum Gasteiger partial charge on any atom is 0.160 e. The van der Waals surface area contributed by atoms with Crippen LogP contribution in [-0.4, -0.2) is 19.9 Å². The molecule has 0 saturated heterocycles. The van der Waals surface area contributed by atoms with Gasteiger partial charge in [0.1, 0.15) is 0 Å². The number of hydrogen-bond donors (Lipinski definition) is 0. The van der Waals surface area contributed by atoms with Gasteiger partial charge in [0, 0.05) is 38.7 Å². The summed E-state index contributed by atoms with van der Waals surface area (Å²) in [6, 6.07) is 69.8. The van der Waals surface area contributed by atoms with E-state index in [9.17, 15) is 0 Å². The molecular weight excluding hydrogens is 693 g/mol. The topological polar surface area (TPSA) is 51.6 Å². The zero-order valence-electron chi connectivity index (χ0n) is 31.3. The summed E-state index contributed by atoms with van der Waals surface area (Å²) >= 11 is 0. The number of nitrogens with zero attached hydrogens (tertiary/aromatic N) is 4. The second-order valence-electron chi connectivity index (χ2n) is 14.3. The standard InChI is InChI=1S/C53H36N4/c1-35-33-47(40-13-7-3-8-14-40)46-31-29-44-30-32-48(55-51(44)52(46)54-35)42-23-17-38(18-24-42)39-21-27-45(28-22-39)53-56-49(41-15-9-4-10-16-41)34-50(57-53)43-25-19-37(20-26-43)36-11-5-2-6-12-36/h2-34H,1H3. The van der Waals surface area contributed by atoms with Crippen LogP contribution >= 0.6 is 0 Å². The van der Waals surface area contributed by atoms with Crippen molar-refractivity contribution in [2.75, 3.05) is 0 Å². The Balaban J connectivity index is 0.952. The third-order valence-corrected chi connectivity index (χ3v) is 10.6. The van der Waals surface area contributed by atoms with Crippen molar-refractivity contribution in [3.63, 3.8) is 0 Å². The fourth-order valence-corrected chi connectivity index (χ4v) is 7.61. The highest BCUT2D eigenvalue weighted by Crippen LogP contribution is 2.35. The van der Waals surface area contributed by atoms with E-state index in [4.69, 9.17) is 19.9 Å².